The van der Waals surface area contributed by atoms with Crippen LogP contribution in [0.2, 0.25) is 0 Å². The molecule has 0 fully saturated rings. The first kappa shape index (κ1) is 22.2. The van der Waals surface area contributed by atoms with Crippen molar-refractivity contribution in [3.05, 3.63) is 99.6 Å². The highest BCUT2D eigenvalue weighted by molar-refractivity contribution is 5.91. The molecule has 3 aromatic rings. The SMILES string of the molecule is Cc1cccc(OCC(=O)NN=Cc2ccc(OC(=O)c3ccc([N+](=O)[O-])cc3)cc2)c1. The Labute approximate surface area is 183 Å². The summed E-state index contributed by atoms with van der Waals surface area (Å²) in [4.78, 5) is 34.1. The van der Waals surface area contributed by atoms with E-state index in [2.05, 4.69) is 10.5 Å². The van der Waals surface area contributed by atoms with Gasteiger partial charge >= 0.3 is 5.97 Å². The molecule has 0 radical (unpaired) electrons. The van der Waals surface area contributed by atoms with Crippen LogP contribution in [0.5, 0.6) is 11.5 Å². The summed E-state index contributed by atoms with van der Waals surface area (Å²) in [5.74, 6) is -0.150. The monoisotopic (exact) mass is 433 g/mol. The molecule has 0 saturated heterocycles. The Bertz CT molecular complexity index is 1140. The van der Waals surface area contributed by atoms with E-state index in [1.165, 1.54) is 30.5 Å². The number of benzene rings is 3. The van der Waals surface area contributed by atoms with Crippen LogP contribution in [-0.4, -0.2) is 29.6 Å². The number of carbonyl (C=O) groups excluding carboxylic acids is 2. The molecule has 0 heterocycles. The Kier molecular flexibility index (Phi) is 7.26. The molecule has 0 unspecified atom stereocenters. The fraction of sp³-hybridized carbons (Fsp3) is 0.0870. The molecule has 9 heteroatoms. The van der Waals surface area contributed by atoms with Crippen LogP contribution < -0.4 is 14.9 Å². The number of nitrogens with one attached hydrogen (secondary N) is 1. The molecule has 0 spiro atoms. The van der Waals surface area contributed by atoms with E-state index in [1.54, 1.807) is 30.3 Å². The maximum atomic E-state index is 12.1. The lowest BCUT2D eigenvalue weighted by Crippen LogP contribution is -2.24. The first-order valence-corrected chi connectivity index (χ1v) is 9.49. The van der Waals surface area contributed by atoms with Gasteiger partial charge in [-0.2, -0.15) is 5.10 Å². The normalized spacial score (nSPS) is 10.5. The Morgan fingerprint density at radius 1 is 1.03 bits per heavy atom. The van der Waals surface area contributed by atoms with Crippen molar-refractivity contribution in [3.63, 3.8) is 0 Å². The Hall–Kier alpha value is -4.53. The largest absolute Gasteiger partial charge is 0.484 e. The second kappa shape index (κ2) is 10.5. The molecule has 0 aliphatic carbocycles. The van der Waals surface area contributed by atoms with Crippen molar-refractivity contribution < 1.29 is 24.0 Å². The van der Waals surface area contributed by atoms with Gasteiger partial charge in [-0.05, 0) is 66.6 Å². The number of hydrogen-bond donors (Lipinski definition) is 1. The number of aryl methyl sites for hydroxylation is 1. The second-order valence-electron chi connectivity index (χ2n) is 6.66. The number of nitro benzene ring substituents is 1. The quantitative estimate of drug-likeness (QED) is 0.190. The lowest BCUT2D eigenvalue weighted by atomic mass is 10.2. The van der Waals surface area contributed by atoms with Gasteiger partial charge in [0, 0.05) is 12.1 Å². The second-order valence-corrected chi connectivity index (χ2v) is 6.66. The number of ether oxygens (including phenoxy) is 2. The molecule has 1 N–H and O–H groups in total. The van der Waals surface area contributed by atoms with Gasteiger partial charge in [-0.15, -0.1) is 0 Å². The van der Waals surface area contributed by atoms with Gasteiger partial charge in [0.15, 0.2) is 6.61 Å². The minimum absolute atomic E-state index is 0.112. The molecule has 1 amide bonds. The van der Waals surface area contributed by atoms with Gasteiger partial charge in [0.25, 0.3) is 11.6 Å². The van der Waals surface area contributed by atoms with Crippen LogP contribution in [0.1, 0.15) is 21.5 Å². The van der Waals surface area contributed by atoms with Crippen molar-refractivity contribution in [1.82, 2.24) is 5.43 Å². The van der Waals surface area contributed by atoms with Crippen molar-refractivity contribution in [1.29, 1.82) is 0 Å². The third-order valence-electron chi connectivity index (χ3n) is 4.17. The van der Waals surface area contributed by atoms with Crippen molar-refractivity contribution in [2.24, 2.45) is 5.10 Å². The van der Waals surface area contributed by atoms with Gasteiger partial charge < -0.3 is 9.47 Å². The predicted molar refractivity (Wildman–Crippen MR) is 117 cm³/mol. The van der Waals surface area contributed by atoms with E-state index < -0.39 is 16.8 Å². The van der Waals surface area contributed by atoms with Crippen molar-refractivity contribution in [3.8, 4) is 11.5 Å². The van der Waals surface area contributed by atoms with Crippen molar-refractivity contribution in [2.45, 2.75) is 6.92 Å². The van der Waals surface area contributed by atoms with E-state index in [4.69, 9.17) is 9.47 Å². The Balaban J connectivity index is 1.47. The standard InChI is InChI=1S/C23H19N3O6/c1-16-3-2-4-21(13-16)31-15-22(27)25-24-14-17-5-11-20(12-6-17)32-23(28)18-7-9-19(10-8-18)26(29)30/h2-14H,15H2,1H3,(H,25,27). The third-order valence-corrected chi connectivity index (χ3v) is 4.17. The summed E-state index contributed by atoms with van der Waals surface area (Å²) >= 11 is 0. The maximum Gasteiger partial charge on any atom is 0.343 e. The van der Waals surface area contributed by atoms with Gasteiger partial charge in [0.2, 0.25) is 0 Å². The van der Waals surface area contributed by atoms with E-state index in [-0.39, 0.29) is 17.9 Å². The first-order valence-electron chi connectivity index (χ1n) is 9.49. The average Bonchev–Trinajstić information content (AvgIpc) is 2.79. The lowest BCUT2D eigenvalue weighted by molar-refractivity contribution is -0.384. The molecule has 0 aliphatic heterocycles. The van der Waals surface area contributed by atoms with E-state index in [0.29, 0.717) is 17.1 Å². The zero-order valence-corrected chi connectivity index (χ0v) is 17.1. The minimum atomic E-state index is -0.637. The minimum Gasteiger partial charge on any atom is -0.484 e. The molecule has 9 nitrogen and oxygen atoms in total. The highest BCUT2D eigenvalue weighted by atomic mass is 16.6. The molecule has 0 bridgehead atoms. The zero-order chi connectivity index (χ0) is 22.9. The average molecular weight is 433 g/mol. The van der Waals surface area contributed by atoms with E-state index in [1.807, 2.05) is 25.1 Å². The van der Waals surface area contributed by atoms with Crippen LogP contribution in [0.3, 0.4) is 0 Å². The maximum absolute atomic E-state index is 12.1. The van der Waals surface area contributed by atoms with Crippen LogP contribution >= 0.6 is 0 Å². The smallest absolute Gasteiger partial charge is 0.343 e. The third kappa shape index (κ3) is 6.49. The summed E-state index contributed by atoms with van der Waals surface area (Å²) in [5, 5.41) is 14.5. The summed E-state index contributed by atoms with van der Waals surface area (Å²) in [6, 6.07) is 18.9. The highest BCUT2D eigenvalue weighted by Crippen LogP contribution is 2.16. The van der Waals surface area contributed by atoms with E-state index in [0.717, 1.165) is 5.56 Å². The van der Waals surface area contributed by atoms with Gasteiger partial charge in [-0.1, -0.05) is 12.1 Å². The molecule has 0 aromatic heterocycles. The van der Waals surface area contributed by atoms with E-state index >= 15 is 0 Å². The number of rotatable bonds is 8. The fourth-order valence-electron chi connectivity index (χ4n) is 2.57. The van der Waals surface area contributed by atoms with Crippen molar-refractivity contribution >= 4 is 23.8 Å². The molecular formula is C23H19N3O6. The summed E-state index contributed by atoms with van der Waals surface area (Å²) in [6.07, 6.45) is 1.44. The van der Waals surface area contributed by atoms with Crippen molar-refractivity contribution in [2.75, 3.05) is 6.61 Å². The number of hydrogen-bond acceptors (Lipinski definition) is 7. The van der Waals surface area contributed by atoms with E-state index in [9.17, 15) is 19.7 Å². The molecule has 0 saturated carbocycles. The molecular weight excluding hydrogens is 414 g/mol. The van der Waals surface area contributed by atoms with Gasteiger partial charge in [0.05, 0.1) is 16.7 Å². The highest BCUT2D eigenvalue weighted by Gasteiger charge is 2.11. The van der Waals surface area contributed by atoms with Crippen LogP contribution in [-0.2, 0) is 4.79 Å². The molecule has 0 atom stereocenters. The Morgan fingerprint density at radius 2 is 1.75 bits per heavy atom. The van der Waals surface area contributed by atoms with Gasteiger partial charge in [-0.3, -0.25) is 14.9 Å². The van der Waals surface area contributed by atoms with Crippen LogP contribution in [0, 0.1) is 17.0 Å². The number of hydrazone groups is 1. The number of amides is 1. The zero-order valence-electron chi connectivity index (χ0n) is 17.1. The topological polar surface area (TPSA) is 120 Å². The number of nitrogens with zero attached hydrogens (tertiary/aromatic N) is 2. The number of esters is 1. The fourth-order valence-corrected chi connectivity index (χ4v) is 2.57. The van der Waals surface area contributed by atoms with Gasteiger partial charge in [0.1, 0.15) is 11.5 Å². The number of non-ortho nitro benzene ring substituents is 1. The molecule has 32 heavy (non-hydrogen) atoms. The van der Waals surface area contributed by atoms with Crippen LogP contribution in [0.4, 0.5) is 5.69 Å². The molecule has 0 aliphatic rings. The summed E-state index contributed by atoms with van der Waals surface area (Å²) in [5.41, 5.74) is 4.15. The summed E-state index contributed by atoms with van der Waals surface area (Å²) in [6.45, 7) is 1.76. The number of nitro groups is 1. The van der Waals surface area contributed by atoms with Crippen LogP contribution in [0.15, 0.2) is 77.9 Å². The lowest BCUT2D eigenvalue weighted by Gasteiger charge is -2.05. The summed E-state index contributed by atoms with van der Waals surface area (Å²) < 4.78 is 10.6. The number of carbonyl (C=O) groups is 2. The molecule has 162 valence electrons. The predicted octanol–water partition coefficient (Wildman–Crippen LogP) is 3.65. The summed E-state index contributed by atoms with van der Waals surface area (Å²) in [7, 11) is 0. The Morgan fingerprint density at radius 3 is 2.41 bits per heavy atom. The van der Waals surface area contributed by atoms with Gasteiger partial charge in [-0.25, -0.2) is 10.2 Å². The molecule has 3 aromatic carbocycles. The van der Waals surface area contributed by atoms with Crippen LogP contribution in [0.25, 0.3) is 0 Å². The first-order chi connectivity index (χ1) is 15.4. The molecule has 3 rings (SSSR count).